The molecule has 1 unspecified atom stereocenters. The summed E-state index contributed by atoms with van der Waals surface area (Å²) in [6.45, 7) is 0.0643. The molecular formula is C20H16N4O2S. The van der Waals surface area contributed by atoms with Crippen LogP contribution >= 0.6 is 12.2 Å². The number of nitrogens with one attached hydrogen (secondary N) is 2. The van der Waals surface area contributed by atoms with E-state index in [-0.39, 0.29) is 11.7 Å². The van der Waals surface area contributed by atoms with Gasteiger partial charge in [-0.1, -0.05) is 30.3 Å². The zero-order valence-electron chi connectivity index (χ0n) is 14.3. The molecule has 0 aromatic heterocycles. The Morgan fingerprint density at radius 3 is 2.67 bits per heavy atom. The number of carbonyl (C=O) groups excluding carboxylic acids is 1. The highest BCUT2D eigenvalue weighted by atomic mass is 32.1. The Bertz CT molecular complexity index is 950. The standard InChI is InChI=1S/C20H16N4O2S/c21-13-20(10-5-11-22-14-20)18(25)24-19(27)23-15-6-4-9-17(12-15)26-16-7-2-1-3-8-16/h1-12H,14H2,(H2,23,24,25,27). The van der Waals surface area contributed by atoms with Crippen LogP contribution in [0.5, 0.6) is 11.5 Å². The second-order valence-corrected chi connectivity index (χ2v) is 6.19. The summed E-state index contributed by atoms with van der Waals surface area (Å²) in [6.07, 6.45) is 4.65. The quantitative estimate of drug-likeness (QED) is 0.798. The van der Waals surface area contributed by atoms with Crippen LogP contribution in [0.1, 0.15) is 0 Å². The third-order valence-electron chi connectivity index (χ3n) is 3.82. The maximum absolute atomic E-state index is 12.4. The van der Waals surface area contributed by atoms with Crippen LogP contribution in [0.4, 0.5) is 5.69 Å². The van der Waals surface area contributed by atoms with Gasteiger partial charge in [0.15, 0.2) is 10.5 Å². The lowest BCUT2D eigenvalue weighted by atomic mass is 9.87. The maximum atomic E-state index is 12.4. The largest absolute Gasteiger partial charge is 0.457 e. The van der Waals surface area contributed by atoms with Crippen LogP contribution in [-0.4, -0.2) is 23.8 Å². The fraction of sp³-hybridized carbons (Fsp3) is 0.100. The van der Waals surface area contributed by atoms with Crippen molar-refractivity contribution in [2.45, 2.75) is 0 Å². The van der Waals surface area contributed by atoms with Gasteiger partial charge in [-0.25, -0.2) is 0 Å². The molecular weight excluding hydrogens is 360 g/mol. The highest BCUT2D eigenvalue weighted by Crippen LogP contribution is 2.24. The van der Waals surface area contributed by atoms with E-state index in [1.165, 1.54) is 6.08 Å². The molecule has 0 radical (unpaired) electrons. The number of ether oxygens (including phenoxy) is 1. The monoisotopic (exact) mass is 376 g/mol. The number of nitrogens with zero attached hydrogens (tertiary/aromatic N) is 2. The molecule has 27 heavy (non-hydrogen) atoms. The average Bonchev–Trinajstić information content (AvgIpc) is 2.69. The van der Waals surface area contributed by atoms with Gasteiger partial charge in [-0.2, -0.15) is 5.26 Å². The highest BCUT2D eigenvalue weighted by molar-refractivity contribution is 7.80. The summed E-state index contributed by atoms with van der Waals surface area (Å²) in [5, 5.41) is 14.9. The first-order chi connectivity index (χ1) is 13.1. The fourth-order valence-corrected chi connectivity index (χ4v) is 2.64. The summed E-state index contributed by atoms with van der Waals surface area (Å²) in [5.74, 6) is 0.816. The van der Waals surface area contributed by atoms with Crippen molar-refractivity contribution >= 4 is 35.1 Å². The predicted octanol–water partition coefficient (Wildman–Crippen LogP) is 3.44. The van der Waals surface area contributed by atoms with Gasteiger partial charge in [-0.15, -0.1) is 0 Å². The van der Waals surface area contributed by atoms with Gasteiger partial charge < -0.3 is 15.4 Å². The van der Waals surface area contributed by atoms with Gasteiger partial charge in [-0.3, -0.25) is 9.79 Å². The van der Waals surface area contributed by atoms with Crippen molar-refractivity contribution in [3.63, 3.8) is 0 Å². The maximum Gasteiger partial charge on any atom is 0.252 e. The Kier molecular flexibility index (Phi) is 5.59. The first-order valence-corrected chi connectivity index (χ1v) is 8.56. The van der Waals surface area contributed by atoms with E-state index >= 15 is 0 Å². The molecule has 7 heteroatoms. The number of dihydropyridines is 1. The number of anilines is 1. The molecule has 1 aliphatic heterocycles. The summed E-state index contributed by atoms with van der Waals surface area (Å²) in [4.78, 5) is 16.4. The lowest BCUT2D eigenvalue weighted by molar-refractivity contribution is -0.124. The zero-order valence-corrected chi connectivity index (χ0v) is 15.1. The van der Waals surface area contributed by atoms with Crippen LogP contribution in [0.25, 0.3) is 0 Å². The lowest BCUT2D eigenvalue weighted by Gasteiger charge is -2.22. The first-order valence-electron chi connectivity index (χ1n) is 8.16. The minimum atomic E-state index is -1.35. The SMILES string of the molecule is N#CC1(C(=O)NC(=S)Nc2cccc(Oc3ccccc3)c2)C=CC=NC1. The van der Waals surface area contributed by atoms with Crippen molar-refractivity contribution in [2.75, 3.05) is 11.9 Å². The molecule has 1 aliphatic rings. The first kappa shape index (κ1) is 18.3. The number of carbonyl (C=O) groups is 1. The number of thiocarbonyl (C=S) groups is 1. The number of para-hydroxylation sites is 1. The lowest BCUT2D eigenvalue weighted by Crippen LogP contribution is -2.45. The fourth-order valence-electron chi connectivity index (χ4n) is 2.43. The minimum Gasteiger partial charge on any atom is -0.457 e. The molecule has 2 N–H and O–H groups in total. The molecule has 3 rings (SSSR count). The second-order valence-electron chi connectivity index (χ2n) is 5.78. The molecule has 0 saturated carbocycles. The molecule has 0 bridgehead atoms. The number of hydrogen-bond acceptors (Lipinski definition) is 5. The topological polar surface area (TPSA) is 86.5 Å². The molecule has 1 atom stereocenters. The van der Waals surface area contributed by atoms with Crippen molar-refractivity contribution in [3.05, 3.63) is 66.7 Å². The molecule has 2 aromatic rings. The molecule has 1 amide bonds. The number of hydrogen-bond donors (Lipinski definition) is 2. The van der Waals surface area contributed by atoms with Crippen LogP contribution in [0, 0.1) is 16.7 Å². The zero-order chi connectivity index (χ0) is 19.1. The molecule has 0 saturated heterocycles. The van der Waals surface area contributed by atoms with Gasteiger partial charge in [0.1, 0.15) is 11.5 Å². The van der Waals surface area contributed by atoms with Gasteiger partial charge in [0.25, 0.3) is 5.91 Å². The summed E-state index contributed by atoms with van der Waals surface area (Å²) in [7, 11) is 0. The number of allylic oxidation sites excluding steroid dienone is 1. The third-order valence-corrected chi connectivity index (χ3v) is 4.02. The van der Waals surface area contributed by atoms with Gasteiger partial charge in [0, 0.05) is 18.0 Å². The average molecular weight is 376 g/mol. The van der Waals surface area contributed by atoms with Crippen LogP contribution < -0.4 is 15.4 Å². The van der Waals surface area contributed by atoms with Gasteiger partial charge in [-0.05, 0) is 42.6 Å². The predicted molar refractivity (Wildman–Crippen MR) is 108 cm³/mol. The number of aliphatic imine (C=N–C) groups is 1. The Balaban J connectivity index is 1.63. The van der Waals surface area contributed by atoms with Crippen LogP contribution in [0.2, 0.25) is 0 Å². The van der Waals surface area contributed by atoms with Crippen LogP contribution in [0.3, 0.4) is 0 Å². The van der Waals surface area contributed by atoms with Crippen LogP contribution in [-0.2, 0) is 4.79 Å². The molecule has 134 valence electrons. The van der Waals surface area contributed by atoms with E-state index in [1.54, 1.807) is 30.5 Å². The van der Waals surface area contributed by atoms with E-state index in [2.05, 4.69) is 15.6 Å². The second kappa shape index (κ2) is 8.25. The van der Waals surface area contributed by atoms with E-state index < -0.39 is 11.3 Å². The number of rotatable bonds is 4. The minimum absolute atomic E-state index is 0.0643. The van der Waals surface area contributed by atoms with Gasteiger partial charge >= 0.3 is 0 Å². The van der Waals surface area contributed by atoms with Gasteiger partial charge in [0.05, 0.1) is 12.6 Å². The Morgan fingerprint density at radius 1 is 1.19 bits per heavy atom. The molecule has 1 heterocycles. The number of amides is 1. The molecule has 0 fully saturated rings. The normalized spacial score (nSPS) is 17.6. The third kappa shape index (κ3) is 4.57. The van der Waals surface area contributed by atoms with E-state index in [9.17, 15) is 10.1 Å². The van der Waals surface area contributed by atoms with Crippen molar-refractivity contribution in [1.82, 2.24) is 5.32 Å². The summed E-state index contributed by atoms with van der Waals surface area (Å²) >= 11 is 5.20. The van der Waals surface area contributed by atoms with Gasteiger partial charge in [0.2, 0.25) is 0 Å². The van der Waals surface area contributed by atoms with E-state index in [0.717, 1.165) is 0 Å². The van der Waals surface area contributed by atoms with Crippen molar-refractivity contribution < 1.29 is 9.53 Å². The Labute approximate surface area is 162 Å². The molecule has 0 aliphatic carbocycles. The van der Waals surface area contributed by atoms with E-state index in [1.807, 2.05) is 42.5 Å². The summed E-state index contributed by atoms with van der Waals surface area (Å²) < 4.78 is 5.77. The highest BCUT2D eigenvalue weighted by Gasteiger charge is 2.37. The van der Waals surface area contributed by atoms with Crippen molar-refractivity contribution in [1.29, 1.82) is 5.26 Å². The Morgan fingerprint density at radius 2 is 1.96 bits per heavy atom. The van der Waals surface area contributed by atoms with Crippen molar-refractivity contribution in [3.8, 4) is 17.6 Å². The van der Waals surface area contributed by atoms with Crippen LogP contribution in [0.15, 0.2) is 71.7 Å². The molecule has 6 nitrogen and oxygen atoms in total. The summed E-state index contributed by atoms with van der Waals surface area (Å²) in [6, 6.07) is 18.6. The Hall–Kier alpha value is -3.50. The molecule has 2 aromatic carbocycles. The van der Waals surface area contributed by atoms with E-state index in [0.29, 0.717) is 17.2 Å². The summed E-state index contributed by atoms with van der Waals surface area (Å²) in [5.41, 5.74) is -0.699. The molecule has 0 spiro atoms. The van der Waals surface area contributed by atoms with E-state index in [4.69, 9.17) is 17.0 Å². The smallest absolute Gasteiger partial charge is 0.252 e. The van der Waals surface area contributed by atoms with Crippen molar-refractivity contribution in [2.24, 2.45) is 10.4 Å². The number of benzene rings is 2. The number of nitriles is 1.